The second-order valence-corrected chi connectivity index (χ2v) is 4.29. The van der Waals surface area contributed by atoms with E-state index in [1.54, 1.807) is 6.20 Å². The summed E-state index contributed by atoms with van der Waals surface area (Å²) in [6, 6.07) is 10.2. The summed E-state index contributed by atoms with van der Waals surface area (Å²) in [4.78, 5) is 12.3. The molecule has 0 fully saturated rings. The monoisotopic (exact) mass is 267 g/mol. The van der Waals surface area contributed by atoms with Gasteiger partial charge in [-0.05, 0) is 12.0 Å². The van der Waals surface area contributed by atoms with Gasteiger partial charge in [0.25, 0.3) is 5.89 Å². The molecule has 0 atom stereocenters. The van der Waals surface area contributed by atoms with E-state index in [1.807, 2.05) is 18.2 Å². The van der Waals surface area contributed by atoms with E-state index in [4.69, 9.17) is 10.3 Å². The Hall–Kier alpha value is -2.76. The lowest BCUT2D eigenvalue weighted by Gasteiger charge is -1.97. The van der Waals surface area contributed by atoms with E-state index < -0.39 is 0 Å². The van der Waals surface area contributed by atoms with Gasteiger partial charge in [-0.3, -0.25) is 0 Å². The standard InChI is InChI=1S/C14H13N5O/c15-13-12(16-8-9-17-13)14-18-11(19-20-14)7-6-10-4-2-1-3-5-10/h1-5,8-9H,6-7H2,(H2,15,17). The van der Waals surface area contributed by atoms with Crippen molar-refractivity contribution in [2.75, 3.05) is 5.73 Å². The molecule has 6 nitrogen and oxygen atoms in total. The Bertz CT molecular complexity index is 696. The number of rotatable bonds is 4. The number of anilines is 1. The average Bonchev–Trinajstić information content (AvgIpc) is 2.95. The number of hydrogen-bond acceptors (Lipinski definition) is 6. The third-order valence-electron chi connectivity index (χ3n) is 2.88. The number of aromatic nitrogens is 4. The highest BCUT2D eigenvalue weighted by Crippen LogP contribution is 2.19. The van der Waals surface area contributed by atoms with Crippen LogP contribution < -0.4 is 5.73 Å². The van der Waals surface area contributed by atoms with Crippen LogP contribution in [-0.4, -0.2) is 20.1 Å². The van der Waals surface area contributed by atoms with Crippen molar-refractivity contribution in [2.24, 2.45) is 0 Å². The summed E-state index contributed by atoms with van der Waals surface area (Å²) >= 11 is 0. The Morgan fingerprint density at radius 1 is 1.00 bits per heavy atom. The van der Waals surface area contributed by atoms with E-state index in [9.17, 15) is 0 Å². The van der Waals surface area contributed by atoms with Gasteiger partial charge in [-0.15, -0.1) is 0 Å². The van der Waals surface area contributed by atoms with Crippen LogP contribution in [0.1, 0.15) is 11.4 Å². The molecule has 0 bridgehead atoms. The quantitative estimate of drug-likeness (QED) is 0.776. The first kappa shape index (κ1) is 12.3. The smallest absolute Gasteiger partial charge is 0.280 e. The second-order valence-electron chi connectivity index (χ2n) is 4.29. The molecule has 0 unspecified atom stereocenters. The summed E-state index contributed by atoms with van der Waals surface area (Å²) in [5, 5.41) is 3.94. The molecule has 0 spiro atoms. The first-order valence-corrected chi connectivity index (χ1v) is 6.26. The summed E-state index contributed by atoms with van der Waals surface area (Å²) in [6.45, 7) is 0. The Morgan fingerprint density at radius 3 is 2.60 bits per heavy atom. The number of nitrogen functional groups attached to an aromatic ring is 1. The minimum atomic E-state index is 0.283. The van der Waals surface area contributed by atoms with Crippen molar-refractivity contribution in [2.45, 2.75) is 12.8 Å². The van der Waals surface area contributed by atoms with Crippen LogP contribution in [-0.2, 0) is 12.8 Å². The fraction of sp³-hybridized carbons (Fsp3) is 0.143. The zero-order valence-corrected chi connectivity index (χ0v) is 10.7. The molecule has 3 rings (SSSR count). The summed E-state index contributed by atoms with van der Waals surface area (Å²) in [6.07, 6.45) is 4.62. The van der Waals surface area contributed by atoms with Gasteiger partial charge in [0.15, 0.2) is 17.3 Å². The highest BCUT2D eigenvalue weighted by Gasteiger charge is 2.13. The van der Waals surface area contributed by atoms with Crippen LogP contribution in [0.5, 0.6) is 0 Å². The fourth-order valence-corrected chi connectivity index (χ4v) is 1.87. The molecule has 20 heavy (non-hydrogen) atoms. The largest absolute Gasteiger partial charge is 0.382 e. The normalized spacial score (nSPS) is 10.6. The molecule has 2 heterocycles. The number of benzene rings is 1. The van der Waals surface area contributed by atoms with Crippen LogP contribution in [0.2, 0.25) is 0 Å². The SMILES string of the molecule is Nc1nccnc1-c1nc(CCc2ccccc2)no1. The van der Waals surface area contributed by atoms with Crippen molar-refractivity contribution in [1.29, 1.82) is 0 Å². The Morgan fingerprint density at radius 2 is 1.80 bits per heavy atom. The van der Waals surface area contributed by atoms with Crippen LogP contribution in [0, 0.1) is 0 Å². The first-order valence-electron chi connectivity index (χ1n) is 6.26. The van der Waals surface area contributed by atoms with E-state index in [-0.39, 0.29) is 5.82 Å². The van der Waals surface area contributed by atoms with Crippen LogP contribution in [0.25, 0.3) is 11.6 Å². The van der Waals surface area contributed by atoms with Crippen LogP contribution in [0.3, 0.4) is 0 Å². The van der Waals surface area contributed by atoms with Gasteiger partial charge in [0.2, 0.25) is 0 Å². The first-order chi connectivity index (χ1) is 9.83. The fourth-order valence-electron chi connectivity index (χ4n) is 1.87. The van der Waals surface area contributed by atoms with Gasteiger partial charge in [-0.1, -0.05) is 35.5 Å². The third kappa shape index (κ3) is 2.64. The third-order valence-corrected chi connectivity index (χ3v) is 2.88. The number of nitrogens with zero attached hydrogens (tertiary/aromatic N) is 4. The van der Waals surface area contributed by atoms with Crippen molar-refractivity contribution in [3.8, 4) is 11.6 Å². The zero-order chi connectivity index (χ0) is 13.8. The summed E-state index contributed by atoms with van der Waals surface area (Å²) in [7, 11) is 0. The molecule has 3 aromatic rings. The van der Waals surface area contributed by atoms with E-state index in [1.165, 1.54) is 11.8 Å². The highest BCUT2D eigenvalue weighted by atomic mass is 16.5. The average molecular weight is 267 g/mol. The minimum absolute atomic E-state index is 0.283. The molecule has 0 aliphatic rings. The van der Waals surface area contributed by atoms with Crippen LogP contribution in [0.15, 0.2) is 47.2 Å². The highest BCUT2D eigenvalue weighted by molar-refractivity contribution is 5.61. The van der Waals surface area contributed by atoms with E-state index in [2.05, 4.69) is 32.2 Å². The lowest BCUT2D eigenvalue weighted by molar-refractivity contribution is 0.421. The van der Waals surface area contributed by atoms with Gasteiger partial charge in [0.05, 0.1) is 0 Å². The topological polar surface area (TPSA) is 90.7 Å². The second kappa shape index (κ2) is 5.48. The van der Waals surface area contributed by atoms with Gasteiger partial charge in [0.1, 0.15) is 0 Å². The van der Waals surface area contributed by atoms with E-state index in [0.717, 1.165) is 6.42 Å². The molecule has 0 saturated heterocycles. The molecule has 0 amide bonds. The summed E-state index contributed by atoms with van der Waals surface area (Å²) in [5.74, 6) is 1.22. The molecule has 0 saturated carbocycles. The molecule has 0 aliphatic carbocycles. The predicted octanol–water partition coefficient (Wildman–Crippen LogP) is 1.89. The zero-order valence-electron chi connectivity index (χ0n) is 10.7. The van der Waals surface area contributed by atoms with E-state index in [0.29, 0.717) is 23.8 Å². The van der Waals surface area contributed by atoms with Crippen molar-refractivity contribution in [3.05, 3.63) is 54.1 Å². The van der Waals surface area contributed by atoms with Crippen molar-refractivity contribution < 1.29 is 4.52 Å². The molecule has 1 aromatic carbocycles. The maximum atomic E-state index is 5.73. The number of nitrogens with two attached hydrogens (primary N) is 1. The van der Waals surface area contributed by atoms with Gasteiger partial charge in [-0.25, -0.2) is 9.97 Å². The Balaban J connectivity index is 1.73. The van der Waals surface area contributed by atoms with Crippen LogP contribution in [0.4, 0.5) is 5.82 Å². The molecule has 2 aromatic heterocycles. The minimum Gasteiger partial charge on any atom is -0.382 e. The van der Waals surface area contributed by atoms with Crippen molar-refractivity contribution in [1.82, 2.24) is 20.1 Å². The molecule has 0 radical (unpaired) electrons. The van der Waals surface area contributed by atoms with Gasteiger partial charge < -0.3 is 10.3 Å². The predicted molar refractivity (Wildman–Crippen MR) is 73.6 cm³/mol. The van der Waals surface area contributed by atoms with Crippen LogP contribution >= 0.6 is 0 Å². The van der Waals surface area contributed by atoms with Gasteiger partial charge in [0, 0.05) is 18.8 Å². The summed E-state index contributed by atoms with van der Waals surface area (Å²) < 4.78 is 5.18. The lowest BCUT2D eigenvalue weighted by Crippen LogP contribution is -1.97. The number of hydrogen-bond donors (Lipinski definition) is 1. The maximum absolute atomic E-state index is 5.73. The van der Waals surface area contributed by atoms with Gasteiger partial charge in [-0.2, -0.15) is 4.98 Å². The van der Waals surface area contributed by atoms with Crippen molar-refractivity contribution in [3.63, 3.8) is 0 Å². The maximum Gasteiger partial charge on any atom is 0.280 e. The molecule has 6 heteroatoms. The lowest BCUT2D eigenvalue weighted by atomic mass is 10.1. The Labute approximate surface area is 115 Å². The van der Waals surface area contributed by atoms with E-state index >= 15 is 0 Å². The molecule has 0 aliphatic heterocycles. The molecule has 100 valence electrons. The molecular formula is C14H13N5O. The number of aryl methyl sites for hydroxylation is 2. The summed E-state index contributed by atoms with van der Waals surface area (Å²) in [5.41, 5.74) is 7.38. The van der Waals surface area contributed by atoms with Gasteiger partial charge >= 0.3 is 0 Å². The Kier molecular flexibility index (Phi) is 3.36. The molecule has 2 N–H and O–H groups in total. The molecular weight excluding hydrogens is 254 g/mol. The van der Waals surface area contributed by atoms with Crippen molar-refractivity contribution >= 4 is 5.82 Å².